The molecule has 2 heterocycles. The van der Waals surface area contributed by atoms with Gasteiger partial charge in [0.25, 0.3) is 11.6 Å². The Morgan fingerprint density at radius 3 is 2.26 bits per heavy atom. The van der Waals surface area contributed by atoms with E-state index in [1.165, 1.54) is 22.5 Å². The van der Waals surface area contributed by atoms with Gasteiger partial charge in [-0.3, -0.25) is 14.9 Å². The molecule has 0 spiro atoms. The van der Waals surface area contributed by atoms with Gasteiger partial charge in [0.2, 0.25) is 10.0 Å². The van der Waals surface area contributed by atoms with Crippen LogP contribution in [-0.4, -0.2) is 59.2 Å². The van der Waals surface area contributed by atoms with Crippen LogP contribution in [0.25, 0.3) is 5.69 Å². The number of hydrogen-bond donors (Lipinski definition) is 0. The molecule has 0 N–H and O–H groups in total. The number of aromatic nitrogens is 1. The zero-order chi connectivity index (χ0) is 24.6. The molecule has 1 aliphatic rings. The van der Waals surface area contributed by atoms with Crippen LogP contribution in [-0.2, 0) is 10.0 Å². The predicted octanol–water partition coefficient (Wildman–Crippen LogP) is 3.46. The Bertz CT molecular complexity index is 1370. The molecular weight excluding hydrogens is 456 g/mol. The van der Waals surface area contributed by atoms with Crippen LogP contribution in [0.3, 0.4) is 0 Å². The number of sulfonamides is 1. The average Bonchev–Trinajstić information content (AvgIpc) is 3.12. The fourth-order valence-corrected chi connectivity index (χ4v) is 5.81. The maximum atomic E-state index is 13.3. The van der Waals surface area contributed by atoms with Gasteiger partial charge in [0.05, 0.1) is 15.4 Å². The smallest absolute Gasteiger partial charge is 0.270 e. The summed E-state index contributed by atoms with van der Waals surface area (Å²) in [6.45, 7) is 6.59. The summed E-state index contributed by atoms with van der Waals surface area (Å²) in [6.07, 6.45) is 0. The van der Waals surface area contributed by atoms with Crippen LogP contribution >= 0.6 is 0 Å². The van der Waals surface area contributed by atoms with Crippen LogP contribution in [0.15, 0.2) is 59.5 Å². The molecule has 1 aliphatic heterocycles. The van der Waals surface area contributed by atoms with Crippen molar-refractivity contribution in [1.82, 2.24) is 13.8 Å². The summed E-state index contributed by atoms with van der Waals surface area (Å²) in [5, 5.41) is 11.0. The largest absolute Gasteiger partial charge is 0.336 e. The molecule has 1 saturated heterocycles. The highest BCUT2D eigenvalue weighted by atomic mass is 32.2. The van der Waals surface area contributed by atoms with Crippen LogP contribution < -0.4 is 0 Å². The van der Waals surface area contributed by atoms with Crippen LogP contribution in [0.1, 0.15) is 27.3 Å². The number of hydrogen-bond acceptors (Lipinski definition) is 5. The molecule has 9 nitrogen and oxygen atoms in total. The standard InChI is InChI=1S/C24H26N4O5S/c1-17-6-4-7-20(14-17)27-18(2)15-23(19(27)3)24(29)25-10-12-26(13-11-25)34(32,33)22-9-5-8-21(16-22)28(30)31/h4-9,14-16H,10-13H2,1-3H3. The van der Waals surface area contributed by atoms with Crippen molar-refractivity contribution < 1.29 is 18.1 Å². The number of benzene rings is 2. The Morgan fingerprint density at radius 1 is 0.941 bits per heavy atom. The number of nitrogens with zero attached hydrogens (tertiary/aromatic N) is 4. The highest BCUT2D eigenvalue weighted by molar-refractivity contribution is 7.89. The zero-order valence-electron chi connectivity index (χ0n) is 19.3. The third-order valence-electron chi connectivity index (χ3n) is 6.11. The topological polar surface area (TPSA) is 106 Å². The van der Waals surface area contributed by atoms with Crippen LogP contribution in [0.5, 0.6) is 0 Å². The molecule has 10 heteroatoms. The van der Waals surface area contributed by atoms with Gasteiger partial charge in [-0.2, -0.15) is 4.31 Å². The Labute approximate surface area is 198 Å². The SMILES string of the molecule is Cc1cccc(-n2c(C)cc(C(=O)N3CCN(S(=O)(=O)c4cccc([N+](=O)[O-])c4)CC3)c2C)c1. The minimum absolute atomic E-state index is 0.118. The lowest BCUT2D eigenvalue weighted by atomic mass is 10.2. The van der Waals surface area contributed by atoms with Crippen LogP contribution in [0, 0.1) is 30.9 Å². The lowest BCUT2D eigenvalue weighted by molar-refractivity contribution is -0.385. The van der Waals surface area contributed by atoms with E-state index in [2.05, 4.69) is 6.07 Å². The summed E-state index contributed by atoms with van der Waals surface area (Å²) in [5.41, 5.74) is 4.20. The molecule has 0 radical (unpaired) electrons. The van der Waals surface area contributed by atoms with Gasteiger partial charge in [-0.05, 0) is 50.6 Å². The first-order chi connectivity index (χ1) is 16.1. The fraction of sp³-hybridized carbons (Fsp3) is 0.292. The van der Waals surface area contributed by atoms with Crippen molar-refractivity contribution in [1.29, 1.82) is 0 Å². The number of piperazine rings is 1. The first-order valence-corrected chi connectivity index (χ1v) is 12.3. The number of rotatable bonds is 5. The zero-order valence-corrected chi connectivity index (χ0v) is 20.1. The van der Waals surface area contributed by atoms with Crippen LogP contribution in [0.4, 0.5) is 5.69 Å². The quantitative estimate of drug-likeness (QED) is 0.409. The molecule has 0 aliphatic carbocycles. The fourth-order valence-electron chi connectivity index (χ4n) is 4.35. The third-order valence-corrected chi connectivity index (χ3v) is 8.01. The average molecular weight is 483 g/mol. The van der Waals surface area contributed by atoms with E-state index in [0.29, 0.717) is 5.56 Å². The molecule has 34 heavy (non-hydrogen) atoms. The van der Waals surface area contributed by atoms with E-state index in [-0.39, 0.29) is 42.7 Å². The molecule has 0 unspecified atom stereocenters. The molecule has 1 amide bonds. The number of carbonyl (C=O) groups is 1. The Hall–Kier alpha value is -3.50. The monoisotopic (exact) mass is 482 g/mol. The second-order valence-corrected chi connectivity index (χ2v) is 10.3. The molecule has 0 atom stereocenters. The van der Waals surface area contributed by atoms with E-state index in [1.54, 1.807) is 4.90 Å². The Morgan fingerprint density at radius 2 is 1.62 bits per heavy atom. The molecular formula is C24H26N4O5S. The van der Waals surface area contributed by atoms with E-state index in [1.807, 2.05) is 49.6 Å². The second kappa shape index (κ2) is 9.03. The summed E-state index contributed by atoms with van der Waals surface area (Å²) < 4.78 is 29.3. The minimum Gasteiger partial charge on any atom is -0.336 e. The molecule has 2 aromatic carbocycles. The van der Waals surface area contributed by atoms with Gasteiger partial charge in [-0.15, -0.1) is 0 Å². The molecule has 1 aromatic heterocycles. The van der Waals surface area contributed by atoms with Crippen molar-refractivity contribution >= 4 is 21.6 Å². The van der Waals surface area contributed by atoms with Crippen LogP contribution in [0.2, 0.25) is 0 Å². The number of nitro groups is 1. The summed E-state index contributed by atoms with van der Waals surface area (Å²) in [7, 11) is -3.90. The third kappa shape index (κ3) is 4.34. The van der Waals surface area contributed by atoms with Crippen molar-refractivity contribution in [2.24, 2.45) is 0 Å². The highest BCUT2D eigenvalue weighted by Crippen LogP contribution is 2.25. The van der Waals surface area contributed by atoms with Gasteiger partial charge in [-0.25, -0.2) is 8.42 Å². The summed E-state index contributed by atoms with van der Waals surface area (Å²) >= 11 is 0. The van der Waals surface area contributed by atoms with Crippen molar-refractivity contribution in [3.05, 3.63) is 87.2 Å². The lowest BCUT2D eigenvalue weighted by Gasteiger charge is -2.34. The number of nitro benzene ring substituents is 1. The van der Waals surface area contributed by atoms with Gasteiger partial charge in [0.15, 0.2) is 0 Å². The Balaban J connectivity index is 1.51. The van der Waals surface area contributed by atoms with Crippen molar-refractivity contribution in [2.45, 2.75) is 25.7 Å². The van der Waals surface area contributed by atoms with E-state index >= 15 is 0 Å². The first kappa shape index (κ1) is 23.7. The van der Waals surface area contributed by atoms with Gasteiger partial charge in [0, 0.05) is 55.4 Å². The van der Waals surface area contributed by atoms with E-state index in [9.17, 15) is 23.3 Å². The van der Waals surface area contributed by atoms with Gasteiger partial charge < -0.3 is 9.47 Å². The summed E-state index contributed by atoms with van der Waals surface area (Å²) in [5.74, 6) is -0.139. The number of amides is 1. The van der Waals surface area contributed by atoms with E-state index in [4.69, 9.17) is 0 Å². The first-order valence-electron chi connectivity index (χ1n) is 10.9. The van der Waals surface area contributed by atoms with Gasteiger partial charge in [-0.1, -0.05) is 18.2 Å². The number of carbonyl (C=O) groups excluding carboxylic acids is 1. The lowest BCUT2D eigenvalue weighted by Crippen LogP contribution is -2.50. The van der Waals surface area contributed by atoms with E-state index < -0.39 is 14.9 Å². The molecule has 3 aromatic rings. The Kier molecular flexibility index (Phi) is 6.28. The molecule has 4 rings (SSSR count). The maximum absolute atomic E-state index is 13.3. The molecule has 0 bridgehead atoms. The van der Waals surface area contributed by atoms with Gasteiger partial charge in [0.1, 0.15) is 0 Å². The predicted molar refractivity (Wildman–Crippen MR) is 128 cm³/mol. The van der Waals surface area contributed by atoms with E-state index in [0.717, 1.165) is 28.7 Å². The highest BCUT2D eigenvalue weighted by Gasteiger charge is 2.32. The normalized spacial score (nSPS) is 14.9. The second-order valence-electron chi connectivity index (χ2n) is 8.41. The number of aryl methyl sites for hydroxylation is 2. The van der Waals surface area contributed by atoms with Crippen molar-refractivity contribution in [3.8, 4) is 5.69 Å². The molecule has 178 valence electrons. The minimum atomic E-state index is -3.90. The van der Waals surface area contributed by atoms with Crippen molar-refractivity contribution in [2.75, 3.05) is 26.2 Å². The van der Waals surface area contributed by atoms with Gasteiger partial charge >= 0.3 is 0 Å². The van der Waals surface area contributed by atoms with Crippen molar-refractivity contribution in [3.63, 3.8) is 0 Å². The summed E-state index contributed by atoms with van der Waals surface area (Å²) in [4.78, 5) is 25.2. The maximum Gasteiger partial charge on any atom is 0.270 e. The molecule has 0 saturated carbocycles. The summed E-state index contributed by atoms with van der Waals surface area (Å²) in [6, 6.07) is 14.9. The number of non-ortho nitro benzene ring substituents is 1. The molecule has 1 fully saturated rings.